The lowest BCUT2D eigenvalue weighted by Gasteiger charge is -2.20. The second-order valence-electron chi connectivity index (χ2n) is 6.04. The van der Waals surface area contributed by atoms with Crippen LogP contribution in [0.25, 0.3) is 0 Å². The van der Waals surface area contributed by atoms with Crippen LogP contribution in [0.4, 0.5) is 0 Å². The number of hydrogen-bond donors (Lipinski definition) is 2. The van der Waals surface area contributed by atoms with Gasteiger partial charge in [-0.25, -0.2) is 0 Å². The molecule has 6 heteroatoms. The molecule has 0 aromatic heterocycles. The van der Waals surface area contributed by atoms with Gasteiger partial charge in [0, 0.05) is 19.2 Å². The predicted octanol–water partition coefficient (Wildman–Crippen LogP) is 1.91. The molecule has 0 bridgehead atoms. The van der Waals surface area contributed by atoms with E-state index in [-0.39, 0.29) is 22.8 Å². The smallest absolute Gasteiger partial charge is 0.242 e. The van der Waals surface area contributed by atoms with Crippen molar-refractivity contribution >= 4 is 28.7 Å². The summed E-state index contributed by atoms with van der Waals surface area (Å²) in [6.45, 7) is 2.17. The number of hydrogen-bond acceptors (Lipinski definition) is 4. The third-order valence-electron chi connectivity index (χ3n) is 4.04. The molecule has 1 aromatic carbocycles. The van der Waals surface area contributed by atoms with Gasteiger partial charge in [-0.05, 0) is 31.2 Å². The number of thioether (sulfide) groups is 1. The zero-order valence-electron chi connectivity index (χ0n) is 13.9. The minimum atomic E-state index is -0.472. The predicted molar refractivity (Wildman–Crippen MR) is 95.6 cm³/mol. The standard InChI is InChI=1S/C18H24N2O3S/c1-13(21)24-12-15(11-14-7-3-2-4-8-14)17(22)20-16-9-5-6-10-19-18(16)23/h2-4,7-8,15-16H,5-6,9-12H2,1H3,(H,19,23)(H,20,22)/t15?,16-/m0/s1. The van der Waals surface area contributed by atoms with Gasteiger partial charge in [-0.3, -0.25) is 14.4 Å². The lowest BCUT2D eigenvalue weighted by molar-refractivity contribution is -0.130. The Kier molecular flexibility index (Phi) is 7.31. The van der Waals surface area contributed by atoms with Gasteiger partial charge in [0.15, 0.2) is 5.12 Å². The second kappa shape index (κ2) is 9.47. The Morgan fingerprint density at radius 2 is 2.04 bits per heavy atom. The first-order chi connectivity index (χ1) is 11.6. The van der Waals surface area contributed by atoms with Gasteiger partial charge in [0.1, 0.15) is 6.04 Å². The fourth-order valence-electron chi connectivity index (χ4n) is 2.71. The van der Waals surface area contributed by atoms with E-state index in [9.17, 15) is 14.4 Å². The molecule has 1 unspecified atom stereocenters. The van der Waals surface area contributed by atoms with Crippen LogP contribution in [0.5, 0.6) is 0 Å². The highest BCUT2D eigenvalue weighted by atomic mass is 32.2. The first-order valence-electron chi connectivity index (χ1n) is 8.31. The fraction of sp³-hybridized carbons (Fsp3) is 0.500. The van der Waals surface area contributed by atoms with Crippen molar-refractivity contribution in [2.24, 2.45) is 5.92 Å². The number of carbonyl (C=O) groups is 3. The first-order valence-corrected chi connectivity index (χ1v) is 9.30. The molecule has 0 radical (unpaired) electrons. The van der Waals surface area contributed by atoms with E-state index in [4.69, 9.17) is 0 Å². The number of amides is 2. The van der Waals surface area contributed by atoms with E-state index in [0.29, 0.717) is 25.1 Å². The van der Waals surface area contributed by atoms with Crippen LogP contribution < -0.4 is 10.6 Å². The van der Waals surface area contributed by atoms with E-state index >= 15 is 0 Å². The normalized spacial score (nSPS) is 19.0. The second-order valence-corrected chi connectivity index (χ2v) is 7.23. The molecule has 5 nitrogen and oxygen atoms in total. The molecule has 1 aliphatic rings. The molecule has 0 saturated carbocycles. The van der Waals surface area contributed by atoms with Crippen LogP contribution in [0.15, 0.2) is 30.3 Å². The van der Waals surface area contributed by atoms with Crippen LogP contribution in [0.3, 0.4) is 0 Å². The van der Waals surface area contributed by atoms with Crippen molar-refractivity contribution in [1.82, 2.24) is 10.6 Å². The molecule has 24 heavy (non-hydrogen) atoms. The molecular weight excluding hydrogens is 324 g/mol. The van der Waals surface area contributed by atoms with Gasteiger partial charge in [-0.1, -0.05) is 42.1 Å². The molecule has 1 heterocycles. The van der Waals surface area contributed by atoms with Gasteiger partial charge in [0.25, 0.3) is 0 Å². The molecule has 2 rings (SSSR count). The minimum absolute atomic E-state index is 0.00642. The van der Waals surface area contributed by atoms with E-state index < -0.39 is 6.04 Å². The Bertz CT molecular complexity index is 577. The molecule has 2 atom stereocenters. The van der Waals surface area contributed by atoms with Crippen LogP contribution in [-0.2, 0) is 20.8 Å². The number of benzene rings is 1. The quantitative estimate of drug-likeness (QED) is 0.823. The largest absolute Gasteiger partial charge is 0.354 e. The molecule has 1 fully saturated rings. The monoisotopic (exact) mass is 348 g/mol. The maximum atomic E-state index is 12.7. The molecule has 0 aliphatic carbocycles. The van der Waals surface area contributed by atoms with Gasteiger partial charge in [0.2, 0.25) is 11.8 Å². The van der Waals surface area contributed by atoms with Crippen molar-refractivity contribution in [3.05, 3.63) is 35.9 Å². The summed E-state index contributed by atoms with van der Waals surface area (Å²) in [5.74, 6) is -0.185. The molecule has 2 amide bonds. The Balaban J connectivity index is 2.02. The van der Waals surface area contributed by atoms with Crippen molar-refractivity contribution in [3.63, 3.8) is 0 Å². The maximum absolute atomic E-state index is 12.7. The van der Waals surface area contributed by atoms with Crippen molar-refractivity contribution < 1.29 is 14.4 Å². The topological polar surface area (TPSA) is 75.3 Å². The zero-order valence-corrected chi connectivity index (χ0v) is 14.7. The Hall–Kier alpha value is -1.82. The number of rotatable bonds is 6. The van der Waals surface area contributed by atoms with E-state index in [2.05, 4.69) is 10.6 Å². The third-order valence-corrected chi connectivity index (χ3v) is 5.01. The van der Waals surface area contributed by atoms with Crippen LogP contribution in [0.2, 0.25) is 0 Å². The summed E-state index contributed by atoms with van der Waals surface area (Å²) in [7, 11) is 0. The van der Waals surface area contributed by atoms with Crippen molar-refractivity contribution in [3.8, 4) is 0 Å². The lowest BCUT2D eigenvalue weighted by atomic mass is 9.99. The summed E-state index contributed by atoms with van der Waals surface area (Å²) < 4.78 is 0. The van der Waals surface area contributed by atoms with Gasteiger partial charge in [0.05, 0.1) is 5.92 Å². The van der Waals surface area contributed by atoms with Gasteiger partial charge in [-0.15, -0.1) is 0 Å². The van der Waals surface area contributed by atoms with Gasteiger partial charge >= 0.3 is 0 Å². The summed E-state index contributed by atoms with van der Waals surface area (Å²) in [4.78, 5) is 36.0. The fourth-order valence-corrected chi connectivity index (χ4v) is 3.42. The van der Waals surface area contributed by atoms with E-state index in [1.54, 1.807) is 0 Å². The maximum Gasteiger partial charge on any atom is 0.242 e. The van der Waals surface area contributed by atoms with E-state index in [1.807, 2.05) is 30.3 Å². The van der Waals surface area contributed by atoms with Gasteiger partial charge in [-0.2, -0.15) is 0 Å². The Morgan fingerprint density at radius 1 is 1.29 bits per heavy atom. The van der Waals surface area contributed by atoms with Crippen LogP contribution >= 0.6 is 11.8 Å². The first kappa shape index (κ1) is 18.5. The molecule has 1 saturated heterocycles. The Labute approximate surface area is 147 Å². The lowest BCUT2D eigenvalue weighted by Crippen LogP contribution is -2.48. The molecule has 130 valence electrons. The molecule has 1 aliphatic heterocycles. The minimum Gasteiger partial charge on any atom is -0.354 e. The molecule has 2 N–H and O–H groups in total. The van der Waals surface area contributed by atoms with Crippen molar-refractivity contribution in [1.29, 1.82) is 0 Å². The molecular formula is C18H24N2O3S. The van der Waals surface area contributed by atoms with Crippen molar-refractivity contribution in [2.45, 2.75) is 38.6 Å². The van der Waals surface area contributed by atoms with Gasteiger partial charge < -0.3 is 10.6 Å². The summed E-state index contributed by atoms with van der Waals surface area (Å²) >= 11 is 1.15. The molecule has 1 aromatic rings. The Morgan fingerprint density at radius 3 is 2.75 bits per heavy atom. The van der Waals surface area contributed by atoms with Crippen LogP contribution in [0, 0.1) is 5.92 Å². The van der Waals surface area contributed by atoms with Crippen LogP contribution in [-0.4, -0.2) is 35.3 Å². The highest BCUT2D eigenvalue weighted by Gasteiger charge is 2.27. The average Bonchev–Trinajstić information content (AvgIpc) is 2.77. The average molecular weight is 348 g/mol. The third kappa shape index (κ3) is 6.00. The summed E-state index contributed by atoms with van der Waals surface area (Å²) in [6, 6.07) is 9.26. The summed E-state index contributed by atoms with van der Waals surface area (Å²) in [5, 5.41) is 5.70. The summed E-state index contributed by atoms with van der Waals surface area (Å²) in [6.07, 6.45) is 3.07. The number of carbonyl (C=O) groups excluding carboxylic acids is 3. The summed E-state index contributed by atoms with van der Waals surface area (Å²) in [5.41, 5.74) is 1.05. The van der Waals surface area contributed by atoms with Crippen molar-refractivity contribution in [2.75, 3.05) is 12.3 Å². The highest BCUT2D eigenvalue weighted by molar-refractivity contribution is 8.13. The van der Waals surface area contributed by atoms with Crippen LogP contribution in [0.1, 0.15) is 31.7 Å². The number of nitrogens with one attached hydrogen (secondary N) is 2. The highest BCUT2D eigenvalue weighted by Crippen LogP contribution is 2.17. The van der Waals surface area contributed by atoms with E-state index in [0.717, 1.165) is 30.2 Å². The zero-order chi connectivity index (χ0) is 17.4. The SMILES string of the molecule is CC(=O)SCC(Cc1ccccc1)C(=O)N[C@H]1CCCCNC1=O. The molecule has 0 spiro atoms. The van der Waals surface area contributed by atoms with E-state index in [1.165, 1.54) is 6.92 Å².